The first kappa shape index (κ1) is 9.38. The van der Waals surface area contributed by atoms with Gasteiger partial charge in [0, 0.05) is 12.3 Å². The highest BCUT2D eigenvalue weighted by Gasteiger charge is 2.27. The normalized spacial score (nSPS) is 19.4. The third kappa shape index (κ3) is 1.45. The molecule has 1 aromatic carbocycles. The average molecular weight is 192 g/mol. The third-order valence-corrected chi connectivity index (χ3v) is 2.92. The zero-order valence-electron chi connectivity index (χ0n) is 8.22. The number of rotatable bonds is 2. The lowest BCUT2D eigenvalue weighted by molar-refractivity contribution is -0.120. The molecule has 2 heteroatoms. The number of aryl methyl sites for hydroxylation is 1. The van der Waals surface area contributed by atoms with Crippen molar-refractivity contribution in [2.24, 2.45) is 0 Å². The summed E-state index contributed by atoms with van der Waals surface area (Å²) >= 11 is 0. The van der Waals surface area contributed by atoms with Crippen molar-refractivity contribution in [3.05, 3.63) is 35.1 Å². The molecule has 0 aromatic heterocycles. The topological polar surface area (TPSA) is 17.1 Å². The number of carbonyl (C=O) groups excluding carboxylic acids is 1. The minimum atomic E-state index is -0.201. The van der Waals surface area contributed by atoms with E-state index in [2.05, 4.69) is 0 Å². The standard InChI is InChI=1S/C12H13FO/c1-2-12(14)11-5-3-8-7-9(13)4-6-10(8)11/h4,6-7,11H,2-3,5H2,1H3. The number of halogens is 1. The van der Waals surface area contributed by atoms with E-state index in [1.54, 1.807) is 12.1 Å². The molecular weight excluding hydrogens is 179 g/mol. The Morgan fingerprint density at radius 2 is 2.36 bits per heavy atom. The summed E-state index contributed by atoms with van der Waals surface area (Å²) in [6.45, 7) is 1.88. The Morgan fingerprint density at radius 3 is 3.07 bits per heavy atom. The zero-order valence-corrected chi connectivity index (χ0v) is 8.22. The molecule has 1 atom stereocenters. The number of hydrogen-bond acceptors (Lipinski definition) is 1. The summed E-state index contributed by atoms with van der Waals surface area (Å²) in [6, 6.07) is 4.76. The maximum atomic E-state index is 12.9. The van der Waals surface area contributed by atoms with Gasteiger partial charge in [0.1, 0.15) is 11.6 Å². The maximum Gasteiger partial charge on any atom is 0.140 e. The van der Waals surface area contributed by atoms with Gasteiger partial charge in [-0.1, -0.05) is 13.0 Å². The van der Waals surface area contributed by atoms with Crippen molar-refractivity contribution in [2.45, 2.75) is 32.1 Å². The molecule has 0 fully saturated rings. The second-order valence-electron chi connectivity index (χ2n) is 3.75. The van der Waals surface area contributed by atoms with Gasteiger partial charge < -0.3 is 0 Å². The number of Topliss-reactive ketones (excluding diaryl/α,β-unsaturated/α-hetero) is 1. The Kier molecular flexibility index (Phi) is 2.36. The van der Waals surface area contributed by atoms with Gasteiger partial charge in [-0.05, 0) is 36.1 Å². The van der Waals surface area contributed by atoms with Crippen LogP contribution in [0, 0.1) is 5.82 Å². The summed E-state index contributed by atoms with van der Waals surface area (Å²) in [6.07, 6.45) is 2.26. The number of hydrogen-bond donors (Lipinski definition) is 0. The first-order valence-corrected chi connectivity index (χ1v) is 5.03. The lowest BCUT2D eigenvalue weighted by Gasteiger charge is -2.08. The Hall–Kier alpha value is -1.18. The van der Waals surface area contributed by atoms with Crippen molar-refractivity contribution in [1.29, 1.82) is 0 Å². The fraction of sp³-hybridized carbons (Fsp3) is 0.417. The second kappa shape index (κ2) is 3.52. The van der Waals surface area contributed by atoms with Crippen LogP contribution in [0.2, 0.25) is 0 Å². The van der Waals surface area contributed by atoms with Crippen molar-refractivity contribution >= 4 is 5.78 Å². The molecule has 2 rings (SSSR count). The van der Waals surface area contributed by atoms with E-state index in [-0.39, 0.29) is 17.5 Å². The highest BCUT2D eigenvalue weighted by molar-refractivity contribution is 5.86. The Morgan fingerprint density at radius 1 is 1.57 bits per heavy atom. The molecule has 0 saturated carbocycles. The van der Waals surface area contributed by atoms with Crippen LogP contribution in [0.4, 0.5) is 4.39 Å². The Balaban J connectivity index is 2.35. The molecular formula is C12H13FO. The van der Waals surface area contributed by atoms with E-state index in [9.17, 15) is 9.18 Å². The van der Waals surface area contributed by atoms with Gasteiger partial charge in [-0.3, -0.25) is 4.79 Å². The van der Waals surface area contributed by atoms with Gasteiger partial charge in [-0.25, -0.2) is 4.39 Å². The molecule has 74 valence electrons. The first-order chi connectivity index (χ1) is 6.72. The fourth-order valence-electron chi connectivity index (χ4n) is 2.17. The van der Waals surface area contributed by atoms with E-state index in [1.165, 1.54) is 6.07 Å². The molecule has 1 unspecified atom stereocenters. The zero-order chi connectivity index (χ0) is 10.1. The molecule has 1 nitrogen and oxygen atoms in total. The van der Waals surface area contributed by atoms with Gasteiger partial charge in [-0.2, -0.15) is 0 Å². The van der Waals surface area contributed by atoms with Crippen molar-refractivity contribution in [3.63, 3.8) is 0 Å². The maximum absolute atomic E-state index is 12.9. The monoisotopic (exact) mass is 192 g/mol. The van der Waals surface area contributed by atoms with E-state index in [0.29, 0.717) is 6.42 Å². The number of fused-ring (bicyclic) bond motifs is 1. The fourth-order valence-corrected chi connectivity index (χ4v) is 2.17. The van der Waals surface area contributed by atoms with Crippen LogP contribution in [0.3, 0.4) is 0 Å². The van der Waals surface area contributed by atoms with Crippen molar-refractivity contribution in [1.82, 2.24) is 0 Å². The molecule has 0 saturated heterocycles. The Bertz CT molecular complexity index is 371. The number of benzene rings is 1. The Labute approximate surface area is 82.9 Å². The van der Waals surface area contributed by atoms with E-state index in [1.807, 2.05) is 6.92 Å². The quantitative estimate of drug-likeness (QED) is 0.704. The van der Waals surface area contributed by atoms with Gasteiger partial charge in [-0.15, -0.1) is 0 Å². The molecule has 1 aliphatic carbocycles. The summed E-state index contributed by atoms with van der Waals surface area (Å²) in [5.74, 6) is 0.0966. The first-order valence-electron chi connectivity index (χ1n) is 5.03. The second-order valence-corrected chi connectivity index (χ2v) is 3.75. The van der Waals surface area contributed by atoms with Crippen LogP contribution >= 0.6 is 0 Å². The highest BCUT2D eigenvalue weighted by atomic mass is 19.1. The predicted molar refractivity (Wildman–Crippen MR) is 52.8 cm³/mol. The molecule has 14 heavy (non-hydrogen) atoms. The van der Waals surface area contributed by atoms with Gasteiger partial charge in [0.15, 0.2) is 0 Å². The van der Waals surface area contributed by atoms with E-state index in [0.717, 1.165) is 24.0 Å². The lowest BCUT2D eigenvalue weighted by atomic mass is 9.95. The van der Waals surface area contributed by atoms with Gasteiger partial charge >= 0.3 is 0 Å². The van der Waals surface area contributed by atoms with Crippen LogP contribution in [0.1, 0.15) is 36.8 Å². The van der Waals surface area contributed by atoms with E-state index >= 15 is 0 Å². The largest absolute Gasteiger partial charge is 0.299 e. The van der Waals surface area contributed by atoms with Crippen LogP contribution in [0.5, 0.6) is 0 Å². The van der Waals surface area contributed by atoms with Gasteiger partial charge in [0.25, 0.3) is 0 Å². The number of carbonyl (C=O) groups is 1. The summed E-state index contributed by atoms with van der Waals surface area (Å²) < 4.78 is 12.9. The molecule has 0 amide bonds. The van der Waals surface area contributed by atoms with Crippen molar-refractivity contribution < 1.29 is 9.18 Å². The van der Waals surface area contributed by atoms with E-state index in [4.69, 9.17) is 0 Å². The molecule has 0 heterocycles. The predicted octanol–water partition coefficient (Wildman–Crippen LogP) is 2.83. The van der Waals surface area contributed by atoms with Crippen LogP contribution < -0.4 is 0 Å². The third-order valence-electron chi connectivity index (χ3n) is 2.92. The number of ketones is 1. The SMILES string of the molecule is CCC(=O)C1CCc2cc(F)ccc21. The molecule has 0 spiro atoms. The smallest absolute Gasteiger partial charge is 0.140 e. The highest BCUT2D eigenvalue weighted by Crippen LogP contribution is 2.34. The minimum absolute atomic E-state index is 0.0237. The van der Waals surface area contributed by atoms with Crippen LogP contribution in [-0.4, -0.2) is 5.78 Å². The molecule has 0 bridgehead atoms. The summed E-state index contributed by atoms with van der Waals surface area (Å²) in [7, 11) is 0. The minimum Gasteiger partial charge on any atom is -0.299 e. The van der Waals surface area contributed by atoms with Crippen LogP contribution in [0.25, 0.3) is 0 Å². The van der Waals surface area contributed by atoms with E-state index < -0.39 is 0 Å². The molecule has 1 aromatic rings. The molecule has 0 radical (unpaired) electrons. The lowest BCUT2D eigenvalue weighted by Crippen LogP contribution is -2.07. The summed E-state index contributed by atoms with van der Waals surface area (Å²) in [4.78, 5) is 11.6. The summed E-state index contributed by atoms with van der Waals surface area (Å²) in [5, 5.41) is 0. The molecule has 1 aliphatic rings. The van der Waals surface area contributed by atoms with Crippen LogP contribution in [0.15, 0.2) is 18.2 Å². The van der Waals surface area contributed by atoms with Crippen molar-refractivity contribution in [3.8, 4) is 0 Å². The molecule has 0 aliphatic heterocycles. The van der Waals surface area contributed by atoms with Gasteiger partial charge in [0.2, 0.25) is 0 Å². The van der Waals surface area contributed by atoms with Crippen LogP contribution in [-0.2, 0) is 11.2 Å². The summed E-state index contributed by atoms with van der Waals surface area (Å²) in [5.41, 5.74) is 2.05. The average Bonchev–Trinajstić information content (AvgIpc) is 2.59. The van der Waals surface area contributed by atoms with Gasteiger partial charge in [0.05, 0.1) is 0 Å². The van der Waals surface area contributed by atoms with Crippen molar-refractivity contribution in [2.75, 3.05) is 0 Å². The molecule has 0 N–H and O–H groups in total.